The van der Waals surface area contributed by atoms with Gasteiger partial charge in [-0.2, -0.15) is 5.26 Å². The van der Waals surface area contributed by atoms with Crippen molar-refractivity contribution in [3.05, 3.63) is 40.2 Å². The summed E-state index contributed by atoms with van der Waals surface area (Å²) in [5, 5.41) is 11.1. The summed E-state index contributed by atoms with van der Waals surface area (Å²) >= 11 is 1.38. The topological polar surface area (TPSA) is 36.7 Å². The van der Waals surface area contributed by atoms with Crippen molar-refractivity contribution >= 4 is 11.3 Å². The monoisotopic (exact) mass is 200 g/mol. The predicted octanol–water partition coefficient (Wildman–Crippen LogP) is 2.99. The van der Waals surface area contributed by atoms with Crippen LogP contribution in [0.5, 0.6) is 0 Å². The molecule has 0 atom stereocenters. The summed E-state index contributed by atoms with van der Waals surface area (Å²) in [5.74, 6) is 0. The van der Waals surface area contributed by atoms with Gasteiger partial charge in [0.1, 0.15) is 6.07 Å². The fraction of sp³-hybridized carbons (Fsp3) is 0.0909. The molecular formula is C11H8N2S. The quantitative estimate of drug-likeness (QED) is 0.709. The fourth-order valence-electron chi connectivity index (χ4n) is 1.31. The SMILES string of the molecule is Cc1ccccc1-c1csc(C#N)n1. The molecular weight excluding hydrogens is 192 g/mol. The molecule has 0 unspecified atom stereocenters. The third-order valence-electron chi connectivity index (χ3n) is 2.02. The van der Waals surface area contributed by atoms with E-state index in [2.05, 4.69) is 4.98 Å². The largest absolute Gasteiger partial charge is 0.226 e. The first-order valence-corrected chi connectivity index (χ1v) is 5.11. The lowest BCUT2D eigenvalue weighted by molar-refractivity contribution is 1.33. The van der Waals surface area contributed by atoms with Crippen molar-refractivity contribution in [2.24, 2.45) is 0 Å². The van der Waals surface area contributed by atoms with Crippen molar-refractivity contribution in [1.29, 1.82) is 5.26 Å². The highest BCUT2D eigenvalue weighted by Gasteiger charge is 2.05. The number of nitriles is 1. The van der Waals surface area contributed by atoms with Gasteiger partial charge in [0.15, 0.2) is 5.01 Å². The fourth-order valence-corrected chi connectivity index (χ4v) is 1.92. The van der Waals surface area contributed by atoms with Gasteiger partial charge in [0.2, 0.25) is 0 Å². The molecule has 0 fully saturated rings. The zero-order valence-corrected chi connectivity index (χ0v) is 8.51. The van der Waals surface area contributed by atoms with Crippen LogP contribution in [-0.2, 0) is 0 Å². The van der Waals surface area contributed by atoms with E-state index >= 15 is 0 Å². The summed E-state index contributed by atoms with van der Waals surface area (Å²) in [7, 11) is 0. The molecule has 0 radical (unpaired) electrons. The molecule has 1 aromatic carbocycles. The standard InChI is InChI=1S/C11H8N2S/c1-8-4-2-3-5-9(8)10-7-14-11(6-12)13-10/h2-5,7H,1H3. The smallest absolute Gasteiger partial charge is 0.194 e. The lowest BCUT2D eigenvalue weighted by Crippen LogP contribution is -1.82. The Balaban J connectivity index is 2.51. The van der Waals surface area contributed by atoms with E-state index in [4.69, 9.17) is 5.26 Å². The van der Waals surface area contributed by atoms with Crippen LogP contribution < -0.4 is 0 Å². The molecule has 0 amide bonds. The molecule has 0 aliphatic heterocycles. The van der Waals surface area contributed by atoms with Gasteiger partial charge < -0.3 is 0 Å². The average Bonchev–Trinajstić information content (AvgIpc) is 2.67. The lowest BCUT2D eigenvalue weighted by Gasteiger charge is -1.99. The molecule has 68 valence electrons. The zero-order valence-electron chi connectivity index (χ0n) is 7.69. The molecule has 0 saturated heterocycles. The Labute approximate surface area is 86.5 Å². The third kappa shape index (κ3) is 1.52. The Hall–Kier alpha value is -1.66. The van der Waals surface area contributed by atoms with Crippen LogP contribution in [0.4, 0.5) is 0 Å². The Morgan fingerprint density at radius 3 is 2.79 bits per heavy atom. The molecule has 0 spiro atoms. The number of rotatable bonds is 1. The van der Waals surface area contributed by atoms with E-state index in [1.54, 1.807) is 0 Å². The maximum Gasteiger partial charge on any atom is 0.194 e. The van der Waals surface area contributed by atoms with E-state index < -0.39 is 0 Å². The van der Waals surface area contributed by atoms with Crippen LogP contribution in [0.2, 0.25) is 0 Å². The van der Waals surface area contributed by atoms with Crippen molar-refractivity contribution in [2.75, 3.05) is 0 Å². The Kier molecular flexibility index (Phi) is 2.30. The maximum absolute atomic E-state index is 8.67. The number of aromatic nitrogens is 1. The summed E-state index contributed by atoms with van der Waals surface area (Å²) in [6.07, 6.45) is 0. The minimum absolute atomic E-state index is 0.517. The second kappa shape index (κ2) is 3.60. The summed E-state index contributed by atoms with van der Waals surface area (Å²) < 4.78 is 0. The van der Waals surface area contributed by atoms with E-state index in [0.717, 1.165) is 11.3 Å². The lowest BCUT2D eigenvalue weighted by atomic mass is 10.1. The first kappa shape index (κ1) is 8.92. The number of benzene rings is 1. The van der Waals surface area contributed by atoms with Gasteiger partial charge >= 0.3 is 0 Å². The van der Waals surface area contributed by atoms with Crippen LogP contribution in [0.15, 0.2) is 29.6 Å². The van der Waals surface area contributed by atoms with Crippen molar-refractivity contribution < 1.29 is 0 Å². The third-order valence-corrected chi connectivity index (χ3v) is 2.77. The van der Waals surface area contributed by atoms with E-state index in [-0.39, 0.29) is 0 Å². The van der Waals surface area contributed by atoms with Gasteiger partial charge in [0, 0.05) is 10.9 Å². The predicted molar refractivity (Wildman–Crippen MR) is 57.0 cm³/mol. The second-order valence-electron chi connectivity index (χ2n) is 2.96. The van der Waals surface area contributed by atoms with Crippen LogP contribution in [0.25, 0.3) is 11.3 Å². The number of hydrogen-bond donors (Lipinski definition) is 0. The highest BCUT2D eigenvalue weighted by molar-refractivity contribution is 7.10. The highest BCUT2D eigenvalue weighted by atomic mass is 32.1. The van der Waals surface area contributed by atoms with Crippen LogP contribution in [-0.4, -0.2) is 4.98 Å². The molecule has 0 aliphatic carbocycles. The minimum atomic E-state index is 0.517. The summed E-state index contributed by atoms with van der Waals surface area (Å²) in [4.78, 5) is 4.22. The molecule has 14 heavy (non-hydrogen) atoms. The Bertz CT molecular complexity index is 494. The van der Waals surface area contributed by atoms with Gasteiger partial charge in [-0.3, -0.25) is 0 Å². The van der Waals surface area contributed by atoms with Gasteiger partial charge in [0.05, 0.1) is 5.69 Å². The van der Waals surface area contributed by atoms with Crippen molar-refractivity contribution in [1.82, 2.24) is 4.98 Å². The van der Waals surface area contributed by atoms with Crippen molar-refractivity contribution in [3.63, 3.8) is 0 Å². The first-order valence-electron chi connectivity index (χ1n) is 4.23. The molecule has 2 rings (SSSR count). The normalized spacial score (nSPS) is 9.71. The first-order chi connectivity index (χ1) is 6.81. The van der Waals surface area contributed by atoms with Gasteiger partial charge in [-0.1, -0.05) is 24.3 Å². The minimum Gasteiger partial charge on any atom is -0.226 e. The summed E-state index contributed by atoms with van der Waals surface area (Å²) in [6, 6.07) is 10.1. The maximum atomic E-state index is 8.67. The second-order valence-corrected chi connectivity index (χ2v) is 3.82. The molecule has 1 aromatic heterocycles. The van der Waals surface area contributed by atoms with Crippen molar-refractivity contribution in [2.45, 2.75) is 6.92 Å². The molecule has 1 heterocycles. The van der Waals surface area contributed by atoms with Crippen LogP contribution >= 0.6 is 11.3 Å². The van der Waals surface area contributed by atoms with Crippen LogP contribution in [0.3, 0.4) is 0 Å². The number of aryl methyl sites for hydroxylation is 1. The molecule has 3 heteroatoms. The van der Waals surface area contributed by atoms with E-state index in [0.29, 0.717) is 5.01 Å². The molecule has 2 aromatic rings. The molecule has 0 saturated carbocycles. The van der Waals surface area contributed by atoms with E-state index in [9.17, 15) is 0 Å². The summed E-state index contributed by atoms with van der Waals surface area (Å²) in [5.41, 5.74) is 3.18. The van der Waals surface area contributed by atoms with E-state index in [1.807, 2.05) is 42.6 Å². The zero-order chi connectivity index (χ0) is 9.97. The molecule has 0 aliphatic rings. The Morgan fingerprint density at radius 1 is 1.36 bits per heavy atom. The van der Waals surface area contributed by atoms with Crippen LogP contribution in [0, 0.1) is 18.3 Å². The number of hydrogen-bond acceptors (Lipinski definition) is 3. The van der Waals surface area contributed by atoms with Crippen LogP contribution in [0.1, 0.15) is 10.6 Å². The van der Waals surface area contributed by atoms with Gasteiger partial charge in [-0.25, -0.2) is 4.98 Å². The summed E-state index contributed by atoms with van der Waals surface area (Å²) in [6.45, 7) is 2.04. The van der Waals surface area contributed by atoms with Gasteiger partial charge in [-0.05, 0) is 12.5 Å². The highest BCUT2D eigenvalue weighted by Crippen LogP contribution is 2.24. The molecule has 0 N–H and O–H groups in total. The number of thiazole rings is 1. The number of nitrogens with zero attached hydrogens (tertiary/aromatic N) is 2. The van der Waals surface area contributed by atoms with Gasteiger partial charge in [-0.15, -0.1) is 11.3 Å². The molecule has 0 bridgehead atoms. The van der Waals surface area contributed by atoms with Crippen molar-refractivity contribution in [3.8, 4) is 17.3 Å². The average molecular weight is 200 g/mol. The van der Waals surface area contributed by atoms with E-state index in [1.165, 1.54) is 16.9 Å². The molecule has 2 nitrogen and oxygen atoms in total. The van der Waals surface area contributed by atoms with Gasteiger partial charge in [0.25, 0.3) is 0 Å². The Morgan fingerprint density at radius 2 is 2.14 bits per heavy atom.